The first-order chi connectivity index (χ1) is 15.8. The standard InChI is InChI=1S/C25H31F2N5O/c1-25(2,3)18-9-8-16(15-32(12-13-33)24-28-10-5-11-29-24)23-17(18)14-21(30-31-23)22-19(26)6-4-7-20(22)27/h4-7,10-11,14,16-18,23,33H,8-9,12-13,15H2,1-3H3/t16?,17?,18-,23?/m0/s1. The number of azo groups is 1. The van der Waals surface area contributed by atoms with Crippen LogP contribution in [0, 0.1) is 34.8 Å². The van der Waals surface area contributed by atoms with Gasteiger partial charge in [-0.1, -0.05) is 32.9 Å². The van der Waals surface area contributed by atoms with Crippen LogP contribution in [0.4, 0.5) is 14.7 Å². The number of halogens is 2. The van der Waals surface area contributed by atoms with E-state index in [1.807, 2.05) is 11.0 Å². The van der Waals surface area contributed by atoms with Crippen LogP contribution in [0.15, 0.2) is 53.0 Å². The van der Waals surface area contributed by atoms with Gasteiger partial charge < -0.3 is 10.0 Å². The topological polar surface area (TPSA) is 74.0 Å². The summed E-state index contributed by atoms with van der Waals surface area (Å²) in [7, 11) is 0. The van der Waals surface area contributed by atoms with Gasteiger partial charge in [0.25, 0.3) is 0 Å². The van der Waals surface area contributed by atoms with Crippen LogP contribution in [-0.2, 0) is 0 Å². The molecule has 2 heterocycles. The molecule has 4 atom stereocenters. The van der Waals surface area contributed by atoms with Crippen LogP contribution in [0.2, 0.25) is 0 Å². The van der Waals surface area contributed by atoms with Gasteiger partial charge in [0.15, 0.2) is 0 Å². The second-order valence-corrected chi connectivity index (χ2v) is 9.96. The first-order valence-corrected chi connectivity index (χ1v) is 11.5. The molecule has 2 aromatic rings. The maximum Gasteiger partial charge on any atom is 0.225 e. The molecule has 1 aliphatic heterocycles. The number of anilines is 1. The number of rotatable bonds is 6. The SMILES string of the molecule is CC(C)(C)[C@H]1CCC(CN(CCO)c2ncccn2)C2N=NC(c3c(F)cccc3F)=CC21. The van der Waals surface area contributed by atoms with Gasteiger partial charge >= 0.3 is 0 Å². The van der Waals surface area contributed by atoms with Gasteiger partial charge in [0.1, 0.15) is 11.6 Å². The second kappa shape index (κ2) is 9.63. The lowest BCUT2D eigenvalue weighted by atomic mass is 9.61. The zero-order chi connectivity index (χ0) is 23.6. The number of nitrogens with zero attached hydrogens (tertiary/aromatic N) is 5. The van der Waals surface area contributed by atoms with Crippen LogP contribution < -0.4 is 4.90 Å². The molecular weight excluding hydrogens is 424 g/mol. The molecule has 8 heteroatoms. The van der Waals surface area contributed by atoms with Crippen LogP contribution >= 0.6 is 0 Å². The van der Waals surface area contributed by atoms with E-state index in [-0.39, 0.29) is 41.2 Å². The predicted molar refractivity (Wildman–Crippen MR) is 123 cm³/mol. The van der Waals surface area contributed by atoms with Crippen molar-refractivity contribution in [2.75, 3.05) is 24.6 Å². The molecule has 4 rings (SSSR count). The van der Waals surface area contributed by atoms with E-state index in [4.69, 9.17) is 0 Å². The Morgan fingerprint density at radius 3 is 2.39 bits per heavy atom. The number of hydrogen-bond acceptors (Lipinski definition) is 6. The molecule has 1 fully saturated rings. The third-order valence-electron chi connectivity index (χ3n) is 6.83. The molecular formula is C25H31F2N5O. The Bertz CT molecular complexity index is 1000. The molecule has 0 saturated heterocycles. The van der Waals surface area contributed by atoms with Crippen molar-refractivity contribution in [1.29, 1.82) is 0 Å². The van der Waals surface area contributed by atoms with Crippen molar-refractivity contribution in [1.82, 2.24) is 9.97 Å². The predicted octanol–water partition coefficient (Wildman–Crippen LogP) is 5.12. The first-order valence-electron chi connectivity index (χ1n) is 11.5. The lowest BCUT2D eigenvalue weighted by Crippen LogP contribution is -2.47. The smallest absolute Gasteiger partial charge is 0.225 e. The summed E-state index contributed by atoms with van der Waals surface area (Å²) in [4.78, 5) is 10.7. The molecule has 33 heavy (non-hydrogen) atoms. The number of aromatic nitrogens is 2. The van der Waals surface area contributed by atoms with Crippen molar-refractivity contribution >= 4 is 11.6 Å². The lowest BCUT2D eigenvalue weighted by molar-refractivity contribution is 0.0844. The quantitative estimate of drug-likeness (QED) is 0.656. The molecule has 1 aliphatic carbocycles. The molecule has 176 valence electrons. The average molecular weight is 456 g/mol. The largest absolute Gasteiger partial charge is 0.395 e. The summed E-state index contributed by atoms with van der Waals surface area (Å²) in [5.41, 5.74) is 0.151. The van der Waals surface area contributed by atoms with E-state index < -0.39 is 11.6 Å². The van der Waals surface area contributed by atoms with Gasteiger partial charge in [0.2, 0.25) is 5.95 Å². The fourth-order valence-electron chi connectivity index (χ4n) is 5.26. The Labute approximate surface area is 193 Å². The van der Waals surface area contributed by atoms with Gasteiger partial charge in [0.05, 0.1) is 23.9 Å². The summed E-state index contributed by atoms with van der Waals surface area (Å²) in [6.07, 6.45) is 7.20. The maximum atomic E-state index is 14.5. The summed E-state index contributed by atoms with van der Waals surface area (Å²) in [5, 5.41) is 18.5. The number of aliphatic hydroxyl groups is 1. The molecule has 6 nitrogen and oxygen atoms in total. The van der Waals surface area contributed by atoms with E-state index in [9.17, 15) is 13.9 Å². The average Bonchev–Trinajstić information content (AvgIpc) is 2.78. The highest BCUT2D eigenvalue weighted by atomic mass is 19.1. The minimum atomic E-state index is -0.631. The molecule has 1 aromatic carbocycles. The highest BCUT2D eigenvalue weighted by molar-refractivity contribution is 5.66. The monoisotopic (exact) mass is 455 g/mol. The molecule has 0 radical (unpaired) electrons. The molecule has 0 spiro atoms. The summed E-state index contributed by atoms with van der Waals surface area (Å²) < 4.78 is 29.0. The second-order valence-electron chi connectivity index (χ2n) is 9.96. The molecule has 1 saturated carbocycles. The highest BCUT2D eigenvalue weighted by Gasteiger charge is 2.45. The van der Waals surface area contributed by atoms with Gasteiger partial charge in [0, 0.05) is 37.3 Å². The molecule has 3 unspecified atom stereocenters. The zero-order valence-electron chi connectivity index (χ0n) is 19.3. The van der Waals surface area contributed by atoms with E-state index in [2.05, 4.69) is 41.0 Å². The Morgan fingerprint density at radius 1 is 1.06 bits per heavy atom. The molecule has 0 bridgehead atoms. The third-order valence-corrected chi connectivity index (χ3v) is 6.83. The summed E-state index contributed by atoms with van der Waals surface area (Å²) in [6, 6.07) is 5.49. The Hall–Kier alpha value is -2.74. The van der Waals surface area contributed by atoms with Crippen molar-refractivity contribution in [3.05, 3.63) is 59.9 Å². The minimum Gasteiger partial charge on any atom is -0.395 e. The fourth-order valence-corrected chi connectivity index (χ4v) is 5.26. The summed E-state index contributed by atoms with van der Waals surface area (Å²) in [5.74, 6) is -0.248. The van der Waals surface area contributed by atoms with E-state index in [1.165, 1.54) is 18.2 Å². The van der Waals surface area contributed by atoms with Crippen LogP contribution in [0.1, 0.15) is 39.2 Å². The van der Waals surface area contributed by atoms with Crippen molar-refractivity contribution in [2.24, 2.45) is 33.4 Å². The Balaban J connectivity index is 1.66. The summed E-state index contributed by atoms with van der Waals surface area (Å²) >= 11 is 0. The van der Waals surface area contributed by atoms with Gasteiger partial charge in [-0.3, -0.25) is 0 Å². The number of hydrogen-bond donors (Lipinski definition) is 1. The van der Waals surface area contributed by atoms with E-state index >= 15 is 0 Å². The zero-order valence-corrected chi connectivity index (χ0v) is 19.3. The van der Waals surface area contributed by atoms with Crippen LogP contribution in [0.25, 0.3) is 5.70 Å². The van der Waals surface area contributed by atoms with Crippen molar-refractivity contribution in [3.8, 4) is 0 Å². The van der Waals surface area contributed by atoms with Gasteiger partial charge in [-0.05, 0) is 42.4 Å². The van der Waals surface area contributed by atoms with Gasteiger partial charge in [-0.15, -0.1) is 0 Å². The van der Waals surface area contributed by atoms with Gasteiger partial charge in [-0.2, -0.15) is 10.2 Å². The normalized spacial score (nSPS) is 24.8. The van der Waals surface area contributed by atoms with Crippen LogP contribution in [0.5, 0.6) is 0 Å². The van der Waals surface area contributed by atoms with Crippen LogP contribution in [-0.4, -0.2) is 40.8 Å². The number of aliphatic hydroxyl groups excluding tert-OH is 1. The van der Waals surface area contributed by atoms with Crippen molar-refractivity contribution in [3.63, 3.8) is 0 Å². The first kappa shape index (κ1) is 23.4. The van der Waals surface area contributed by atoms with Crippen molar-refractivity contribution < 1.29 is 13.9 Å². The van der Waals surface area contributed by atoms with E-state index in [1.54, 1.807) is 18.5 Å². The van der Waals surface area contributed by atoms with Crippen molar-refractivity contribution in [2.45, 2.75) is 39.7 Å². The Morgan fingerprint density at radius 2 is 1.76 bits per heavy atom. The van der Waals surface area contributed by atoms with Gasteiger partial charge in [-0.25, -0.2) is 18.7 Å². The minimum absolute atomic E-state index is 0.00271. The number of fused-ring (bicyclic) bond motifs is 1. The fraction of sp³-hybridized carbons (Fsp3) is 0.520. The van der Waals surface area contributed by atoms with Crippen LogP contribution in [0.3, 0.4) is 0 Å². The highest BCUT2D eigenvalue weighted by Crippen LogP contribution is 2.48. The molecule has 0 amide bonds. The number of benzene rings is 1. The van der Waals surface area contributed by atoms with E-state index in [0.717, 1.165) is 12.8 Å². The third kappa shape index (κ3) is 4.95. The maximum absolute atomic E-state index is 14.5. The van der Waals surface area contributed by atoms with E-state index in [0.29, 0.717) is 25.0 Å². The molecule has 1 aromatic heterocycles. The molecule has 2 aliphatic rings. The molecule has 1 N–H and O–H groups in total. The lowest BCUT2D eigenvalue weighted by Gasteiger charge is -2.47. The Kier molecular flexibility index (Phi) is 6.83. The summed E-state index contributed by atoms with van der Waals surface area (Å²) in [6.45, 7) is 7.63.